The van der Waals surface area contributed by atoms with Gasteiger partial charge in [-0.05, 0) is 45.9 Å². The zero-order valence-electron chi connectivity index (χ0n) is 7.41. The molecule has 10 heavy (non-hydrogen) atoms. The molecule has 0 spiro atoms. The Balaban J connectivity index is 0.000000236. The van der Waals surface area contributed by atoms with Crippen LogP contribution in [0.4, 0.5) is 0 Å². The smallest absolute Gasteiger partial charge is 0.00231 e. The molecule has 1 aliphatic rings. The van der Waals surface area contributed by atoms with Crippen LogP contribution >= 0.6 is 0 Å². The molecule has 1 heterocycles. The molecule has 2 heteroatoms. The van der Waals surface area contributed by atoms with Crippen LogP contribution in [0.15, 0.2) is 0 Å². The highest BCUT2D eigenvalue weighted by Gasteiger charge is 2.04. The second kappa shape index (κ2) is 7.03. The minimum absolute atomic E-state index is 0.925. The summed E-state index contributed by atoms with van der Waals surface area (Å²) in [6, 6.07) is 0. The van der Waals surface area contributed by atoms with Gasteiger partial charge in [-0.2, -0.15) is 0 Å². The lowest BCUT2D eigenvalue weighted by Gasteiger charge is -2.17. The van der Waals surface area contributed by atoms with E-state index in [0.717, 1.165) is 5.92 Å². The first-order chi connectivity index (χ1) is 4.81. The first-order valence-electron chi connectivity index (χ1n) is 4.10. The molecule has 0 aromatic carbocycles. The standard InChI is InChI=1S/C6H13N.C2H7N/c1-6-3-2-4-7-5-6;1-3-2/h6-7H,2-5H2,1H3;3H,1-2H3. The normalized spacial score (nSPS) is 24.9. The van der Waals surface area contributed by atoms with Crippen molar-refractivity contribution >= 4 is 0 Å². The predicted octanol–water partition coefficient (Wildman–Crippen LogP) is 0.842. The molecule has 1 atom stereocenters. The van der Waals surface area contributed by atoms with Gasteiger partial charge >= 0.3 is 0 Å². The van der Waals surface area contributed by atoms with Gasteiger partial charge in [-0.1, -0.05) is 6.92 Å². The van der Waals surface area contributed by atoms with Gasteiger partial charge in [-0.3, -0.25) is 0 Å². The maximum Gasteiger partial charge on any atom is -0.00231 e. The van der Waals surface area contributed by atoms with E-state index in [1.54, 1.807) is 0 Å². The summed E-state index contributed by atoms with van der Waals surface area (Å²) in [6.45, 7) is 4.77. The monoisotopic (exact) mass is 144 g/mol. The summed E-state index contributed by atoms with van der Waals surface area (Å²) < 4.78 is 0. The molecular formula is C8H20N2. The van der Waals surface area contributed by atoms with E-state index in [9.17, 15) is 0 Å². The van der Waals surface area contributed by atoms with Gasteiger partial charge in [0.1, 0.15) is 0 Å². The third kappa shape index (κ3) is 6.05. The molecule has 0 bridgehead atoms. The maximum absolute atomic E-state index is 3.33. The van der Waals surface area contributed by atoms with E-state index in [0.29, 0.717) is 0 Å². The molecule has 1 saturated heterocycles. The largest absolute Gasteiger partial charge is 0.323 e. The van der Waals surface area contributed by atoms with Crippen LogP contribution in [-0.2, 0) is 0 Å². The molecule has 0 amide bonds. The molecular weight excluding hydrogens is 124 g/mol. The Bertz CT molecular complexity index is 58.3. The first-order valence-corrected chi connectivity index (χ1v) is 4.10. The summed E-state index contributed by atoms with van der Waals surface area (Å²) in [5.74, 6) is 0.925. The minimum Gasteiger partial charge on any atom is -0.323 e. The number of hydrogen-bond acceptors (Lipinski definition) is 2. The highest BCUT2D eigenvalue weighted by atomic mass is 14.9. The molecule has 0 aliphatic carbocycles. The lowest BCUT2D eigenvalue weighted by Crippen LogP contribution is -2.27. The van der Waals surface area contributed by atoms with E-state index in [4.69, 9.17) is 0 Å². The second-order valence-corrected chi connectivity index (χ2v) is 2.95. The Labute approximate surface area is 64.4 Å². The average Bonchev–Trinajstić information content (AvgIpc) is 1.91. The van der Waals surface area contributed by atoms with Crippen LogP contribution in [0.25, 0.3) is 0 Å². The molecule has 1 aliphatic heterocycles. The summed E-state index contributed by atoms with van der Waals surface area (Å²) >= 11 is 0. The number of nitrogens with one attached hydrogen (secondary N) is 2. The van der Waals surface area contributed by atoms with Crippen LogP contribution in [0.3, 0.4) is 0 Å². The quantitative estimate of drug-likeness (QED) is 0.526. The molecule has 1 fully saturated rings. The van der Waals surface area contributed by atoms with Gasteiger partial charge < -0.3 is 10.6 Å². The molecule has 0 aromatic rings. The zero-order chi connectivity index (χ0) is 7.82. The van der Waals surface area contributed by atoms with Gasteiger partial charge in [0.2, 0.25) is 0 Å². The van der Waals surface area contributed by atoms with E-state index in [-0.39, 0.29) is 0 Å². The van der Waals surface area contributed by atoms with E-state index in [1.807, 2.05) is 14.1 Å². The van der Waals surface area contributed by atoms with E-state index in [1.165, 1.54) is 25.9 Å². The van der Waals surface area contributed by atoms with Crippen molar-refractivity contribution in [2.45, 2.75) is 19.8 Å². The van der Waals surface area contributed by atoms with Crippen LogP contribution in [0, 0.1) is 5.92 Å². The molecule has 0 saturated carbocycles. The van der Waals surface area contributed by atoms with E-state index >= 15 is 0 Å². The van der Waals surface area contributed by atoms with Crippen molar-refractivity contribution in [3.63, 3.8) is 0 Å². The van der Waals surface area contributed by atoms with Gasteiger partial charge in [0.15, 0.2) is 0 Å². The Morgan fingerprint density at radius 2 is 2.00 bits per heavy atom. The van der Waals surface area contributed by atoms with Crippen molar-refractivity contribution in [3.8, 4) is 0 Å². The summed E-state index contributed by atoms with van der Waals surface area (Å²) in [7, 11) is 3.75. The zero-order valence-corrected chi connectivity index (χ0v) is 7.41. The van der Waals surface area contributed by atoms with Crippen molar-refractivity contribution in [1.82, 2.24) is 10.6 Å². The Hall–Kier alpha value is -0.0800. The number of rotatable bonds is 0. The molecule has 1 rings (SSSR count). The average molecular weight is 144 g/mol. The van der Waals surface area contributed by atoms with Crippen molar-refractivity contribution in [2.24, 2.45) is 5.92 Å². The fraction of sp³-hybridized carbons (Fsp3) is 1.00. The lowest BCUT2D eigenvalue weighted by molar-refractivity contribution is 0.405. The Morgan fingerprint density at radius 1 is 1.40 bits per heavy atom. The summed E-state index contributed by atoms with van der Waals surface area (Å²) in [5.41, 5.74) is 0. The lowest BCUT2D eigenvalue weighted by atomic mass is 10.0. The summed E-state index contributed by atoms with van der Waals surface area (Å²) in [5, 5.41) is 6.08. The number of hydrogen-bond donors (Lipinski definition) is 2. The van der Waals surface area contributed by atoms with E-state index in [2.05, 4.69) is 17.6 Å². The van der Waals surface area contributed by atoms with Gasteiger partial charge in [0.05, 0.1) is 0 Å². The van der Waals surface area contributed by atoms with E-state index < -0.39 is 0 Å². The van der Waals surface area contributed by atoms with Crippen LogP contribution in [0.2, 0.25) is 0 Å². The molecule has 0 radical (unpaired) electrons. The highest BCUT2D eigenvalue weighted by Crippen LogP contribution is 2.06. The molecule has 0 aromatic heterocycles. The first kappa shape index (κ1) is 9.92. The predicted molar refractivity (Wildman–Crippen MR) is 46.3 cm³/mol. The fourth-order valence-electron chi connectivity index (χ4n) is 1.03. The highest BCUT2D eigenvalue weighted by molar-refractivity contribution is 4.63. The fourth-order valence-corrected chi connectivity index (χ4v) is 1.03. The Kier molecular flexibility index (Phi) is 6.98. The second-order valence-electron chi connectivity index (χ2n) is 2.95. The SMILES string of the molecule is CC1CCCNC1.CNC. The van der Waals surface area contributed by atoms with Crippen molar-refractivity contribution < 1.29 is 0 Å². The number of piperidine rings is 1. The van der Waals surface area contributed by atoms with Crippen LogP contribution in [-0.4, -0.2) is 27.2 Å². The molecule has 62 valence electrons. The molecule has 1 unspecified atom stereocenters. The van der Waals surface area contributed by atoms with Gasteiger partial charge in [0, 0.05) is 0 Å². The summed E-state index contributed by atoms with van der Waals surface area (Å²) in [4.78, 5) is 0. The topological polar surface area (TPSA) is 24.1 Å². The third-order valence-corrected chi connectivity index (χ3v) is 1.54. The van der Waals surface area contributed by atoms with Crippen molar-refractivity contribution in [1.29, 1.82) is 0 Å². The minimum atomic E-state index is 0.925. The van der Waals surface area contributed by atoms with Crippen molar-refractivity contribution in [2.75, 3.05) is 27.2 Å². The Morgan fingerprint density at radius 3 is 2.20 bits per heavy atom. The van der Waals surface area contributed by atoms with Crippen LogP contribution in [0.1, 0.15) is 19.8 Å². The van der Waals surface area contributed by atoms with Crippen LogP contribution in [0.5, 0.6) is 0 Å². The molecule has 2 nitrogen and oxygen atoms in total. The maximum atomic E-state index is 3.33. The summed E-state index contributed by atoms with van der Waals surface area (Å²) in [6.07, 6.45) is 2.80. The molecule has 2 N–H and O–H groups in total. The van der Waals surface area contributed by atoms with Crippen LogP contribution < -0.4 is 10.6 Å². The van der Waals surface area contributed by atoms with Crippen molar-refractivity contribution in [3.05, 3.63) is 0 Å². The van der Waals surface area contributed by atoms with Gasteiger partial charge in [-0.15, -0.1) is 0 Å². The van der Waals surface area contributed by atoms with Gasteiger partial charge in [-0.25, -0.2) is 0 Å². The van der Waals surface area contributed by atoms with Gasteiger partial charge in [0.25, 0.3) is 0 Å². The third-order valence-electron chi connectivity index (χ3n) is 1.54.